The number of likely N-dealkylation sites (tertiary alicyclic amines) is 1. The fourth-order valence-corrected chi connectivity index (χ4v) is 2.26. The van der Waals surface area contributed by atoms with Crippen molar-refractivity contribution in [1.82, 2.24) is 10.2 Å². The van der Waals surface area contributed by atoms with E-state index in [9.17, 15) is 0 Å². The van der Waals surface area contributed by atoms with Crippen LogP contribution in [0.3, 0.4) is 0 Å². The minimum Gasteiger partial charge on any atom is -0.316 e. The molecule has 0 aliphatic carbocycles. The number of hydrogen-bond acceptors (Lipinski definition) is 2. The van der Waals surface area contributed by atoms with E-state index in [1.165, 1.54) is 39.0 Å². The Bertz CT molecular complexity index is 177. The summed E-state index contributed by atoms with van der Waals surface area (Å²) >= 11 is 0. The molecule has 0 bridgehead atoms. The van der Waals surface area contributed by atoms with Gasteiger partial charge in [0.25, 0.3) is 0 Å². The molecule has 0 spiro atoms. The van der Waals surface area contributed by atoms with Crippen LogP contribution < -0.4 is 5.32 Å². The second-order valence-electron chi connectivity index (χ2n) is 6.09. The van der Waals surface area contributed by atoms with Gasteiger partial charge in [-0.05, 0) is 50.4 Å². The first-order valence-corrected chi connectivity index (χ1v) is 6.44. The van der Waals surface area contributed by atoms with Crippen LogP contribution in [0.1, 0.15) is 40.5 Å². The average Bonchev–Trinajstić information content (AvgIpc) is 2.16. The van der Waals surface area contributed by atoms with E-state index in [1.807, 2.05) is 0 Å². The highest BCUT2D eigenvalue weighted by Crippen LogP contribution is 2.16. The van der Waals surface area contributed by atoms with E-state index in [4.69, 9.17) is 0 Å². The van der Waals surface area contributed by atoms with Crippen LogP contribution in [-0.2, 0) is 0 Å². The van der Waals surface area contributed by atoms with Crippen LogP contribution in [0.5, 0.6) is 0 Å². The van der Waals surface area contributed by atoms with Crippen molar-refractivity contribution in [3.8, 4) is 0 Å². The van der Waals surface area contributed by atoms with E-state index < -0.39 is 0 Å². The zero-order valence-corrected chi connectivity index (χ0v) is 12.2. The molecule has 3 heteroatoms. The Balaban J connectivity index is 0.00000225. The summed E-state index contributed by atoms with van der Waals surface area (Å²) in [5.74, 6) is 0.876. The van der Waals surface area contributed by atoms with E-state index in [1.54, 1.807) is 0 Å². The third-order valence-corrected chi connectivity index (χ3v) is 3.14. The number of rotatable bonds is 4. The SMILES string of the molecule is CCN1CCCC(CNCC(C)(C)C)C1.Cl. The van der Waals surface area contributed by atoms with Gasteiger partial charge in [-0.25, -0.2) is 0 Å². The monoisotopic (exact) mass is 248 g/mol. The molecule has 0 saturated carbocycles. The summed E-state index contributed by atoms with van der Waals surface area (Å²) in [5, 5.41) is 3.61. The van der Waals surface area contributed by atoms with Crippen LogP contribution in [0.15, 0.2) is 0 Å². The normalized spacial score (nSPS) is 22.9. The van der Waals surface area contributed by atoms with E-state index in [2.05, 4.69) is 37.9 Å². The van der Waals surface area contributed by atoms with Gasteiger partial charge in [0.1, 0.15) is 0 Å². The number of nitrogens with zero attached hydrogens (tertiary/aromatic N) is 1. The van der Waals surface area contributed by atoms with Gasteiger partial charge in [0.15, 0.2) is 0 Å². The molecule has 2 nitrogen and oxygen atoms in total. The fourth-order valence-electron chi connectivity index (χ4n) is 2.26. The zero-order chi connectivity index (χ0) is 11.3. The lowest BCUT2D eigenvalue weighted by atomic mass is 9.95. The molecular formula is C13H29ClN2. The van der Waals surface area contributed by atoms with Crippen LogP contribution >= 0.6 is 12.4 Å². The predicted molar refractivity (Wildman–Crippen MR) is 74.4 cm³/mol. The van der Waals surface area contributed by atoms with Crippen molar-refractivity contribution in [3.05, 3.63) is 0 Å². The molecular weight excluding hydrogens is 220 g/mol. The second-order valence-corrected chi connectivity index (χ2v) is 6.09. The Hall–Kier alpha value is 0.210. The van der Waals surface area contributed by atoms with Crippen molar-refractivity contribution >= 4 is 12.4 Å². The van der Waals surface area contributed by atoms with Crippen molar-refractivity contribution in [3.63, 3.8) is 0 Å². The zero-order valence-electron chi connectivity index (χ0n) is 11.4. The predicted octanol–water partition coefficient (Wildman–Crippen LogP) is 2.78. The van der Waals surface area contributed by atoms with E-state index in [-0.39, 0.29) is 12.4 Å². The van der Waals surface area contributed by atoms with Gasteiger partial charge in [-0.1, -0.05) is 27.7 Å². The summed E-state index contributed by atoms with van der Waals surface area (Å²) in [6, 6.07) is 0. The lowest BCUT2D eigenvalue weighted by Crippen LogP contribution is -2.40. The first-order chi connectivity index (χ1) is 7.01. The smallest absolute Gasteiger partial charge is 0.00217 e. The molecule has 1 aliphatic rings. The van der Waals surface area contributed by atoms with Crippen LogP contribution in [0.4, 0.5) is 0 Å². The average molecular weight is 249 g/mol. The number of halogens is 1. The van der Waals surface area contributed by atoms with Crippen LogP contribution in [0.25, 0.3) is 0 Å². The Morgan fingerprint density at radius 3 is 2.56 bits per heavy atom. The summed E-state index contributed by atoms with van der Waals surface area (Å²) in [5.41, 5.74) is 0.416. The summed E-state index contributed by atoms with van der Waals surface area (Å²) in [4.78, 5) is 2.58. The van der Waals surface area contributed by atoms with Gasteiger partial charge in [-0.2, -0.15) is 0 Å². The minimum absolute atomic E-state index is 0. The van der Waals surface area contributed by atoms with E-state index >= 15 is 0 Å². The molecule has 1 saturated heterocycles. The molecule has 0 radical (unpaired) electrons. The second kappa shape index (κ2) is 7.52. The Labute approximate surface area is 108 Å². The van der Waals surface area contributed by atoms with Gasteiger partial charge in [0.2, 0.25) is 0 Å². The molecule has 1 atom stereocenters. The van der Waals surface area contributed by atoms with E-state index in [0.29, 0.717) is 5.41 Å². The lowest BCUT2D eigenvalue weighted by molar-refractivity contribution is 0.177. The van der Waals surface area contributed by atoms with Crippen molar-refractivity contribution in [2.24, 2.45) is 11.3 Å². The van der Waals surface area contributed by atoms with Crippen molar-refractivity contribution in [1.29, 1.82) is 0 Å². The van der Waals surface area contributed by atoms with Gasteiger partial charge in [-0.15, -0.1) is 12.4 Å². The molecule has 1 heterocycles. The highest BCUT2D eigenvalue weighted by atomic mass is 35.5. The molecule has 16 heavy (non-hydrogen) atoms. The van der Waals surface area contributed by atoms with Crippen LogP contribution in [0, 0.1) is 11.3 Å². The number of hydrogen-bond donors (Lipinski definition) is 1. The Morgan fingerprint density at radius 2 is 2.00 bits per heavy atom. The Kier molecular flexibility index (Phi) is 7.62. The molecule has 98 valence electrons. The number of nitrogens with one attached hydrogen (secondary N) is 1. The standard InChI is InChI=1S/C13H28N2.ClH/c1-5-15-8-6-7-12(10-15)9-14-11-13(2,3)4;/h12,14H,5-11H2,1-4H3;1H. The molecule has 1 fully saturated rings. The maximum Gasteiger partial charge on any atom is 0.00217 e. The molecule has 0 aromatic carbocycles. The lowest BCUT2D eigenvalue weighted by Gasteiger charge is -2.32. The highest BCUT2D eigenvalue weighted by Gasteiger charge is 2.19. The van der Waals surface area contributed by atoms with Gasteiger partial charge in [-0.3, -0.25) is 0 Å². The van der Waals surface area contributed by atoms with Gasteiger partial charge < -0.3 is 10.2 Å². The maximum atomic E-state index is 3.61. The number of piperidine rings is 1. The quantitative estimate of drug-likeness (QED) is 0.823. The summed E-state index contributed by atoms with van der Waals surface area (Å²) < 4.78 is 0. The third-order valence-electron chi connectivity index (χ3n) is 3.14. The largest absolute Gasteiger partial charge is 0.316 e. The first kappa shape index (κ1) is 16.2. The Morgan fingerprint density at radius 1 is 1.31 bits per heavy atom. The van der Waals surface area contributed by atoms with Gasteiger partial charge in [0.05, 0.1) is 0 Å². The van der Waals surface area contributed by atoms with Crippen molar-refractivity contribution in [2.75, 3.05) is 32.7 Å². The van der Waals surface area contributed by atoms with Crippen molar-refractivity contribution < 1.29 is 0 Å². The molecule has 0 aromatic heterocycles. The van der Waals surface area contributed by atoms with Crippen LogP contribution in [0.2, 0.25) is 0 Å². The van der Waals surface area contributed by atoms with Crippen molar-refractivity contribution in [2.45, 2.75) is 40.5 Å². The molecule has 1 N–H and O–H groups in total. The van der Waals surface area contributed by atoms with Crippen LogP contribution in [-0.4, -0.2) is 37.6 Å². The topological polar surface area (TPSA) is 15.3 Å². The highest BCUT2D eigenvalue weighted by molar-refractivity contribution is 5.85. The van der Waals surface area contributed by atoms with E-state index in [0.717, 1.165) is 12.5 Å². The van der Waals surface area contributed by atoms with Gasteiger partial charge in [0, 0.05) is 6.54 Å². The fraction of sp³-hybridized carbons (Fsp3) is 1.00. The minimum atomic E-state index is 0. The molecule has 0 aromatic rings. The first-order valence-electron chi connectivity index (χ1n) is 6.44. The molecule has 0 amide bonds. The molecule has 1 rings (SSSR count). The summed E-state index contributed by atoms with van der Waals surface area (Å²) in [7, 11) is 0. The molecule has 1 aliphatic heterocycles. The van der Waals surface area contributed by atoms with Gasteiger partial charge >= 0.3 is 0 Å². The molecule has 1 unspecified atom stereocenters. The summed E-state index contributed by atoms with van der Waals surface area (Å²) in [6.07, 6.45) is 2.79. The summed E-state index contributed by atoms with van der Waals surface area (Å²) in [6.45, 7) is 15.3. The third kappa shape index (κ3) is 6.72. The maximum absolute atomic E-state index is 3.61.